The zero-order valence-corrected chi connectivity index (χ0v) is 19.9. The second-order valence-corrected chi connectivity index (χ2v) is 8.90. The topological polar surface area (TPSA) is 131 Å². The van der Waals surface area contributed by atoms with E-state index in [1.165, 1.54) is 6.33 Å². The summed E-state index contributed by atoms with van der Waals surface area (Å²) < 4.78 is 7.92. The molecule has 36 heavy (non-hydrogen) atoms. The third kappa shape index (κ3) is 5.14. The molecule has 186 valence electrons. The van der Waals surface area contributed by atoms with Crippen molar-refractivity contribution in [1.29, 1.82) is 0 Å². The number of anilines is 1. The number of ether oxygens (including phenoxy) is 1. The number of fused-ring (bicyclic) bond motifs is 1. The lowest BCUT2D eigenvalue weighted by Crippen LogP contribution is -2.36. The summed E-state index contributed by atoms with van der Waals surface area (Å²) in [7, 11) is 0. The first-order chi connectivity index (χ1) is 17.6. The molecule has 0 unspecified atom stereocenters. The zero-order chi connectivity index (χ0) is 24.9. The molecule has 10 nitrogen and oxygen atoms in total. The molecule has 4 N–H and O–H groups in total. The van der Waals surface area contributed by atoms with Crippen molar-refractivity contribution in [2.75, 3.05) is 25.4 Å². The van der Waals surface area contributed by atoms with E-state index in [9.17, 15) is 4.79 Å². The van der Waals surface area contributed by atoms with Gasteiger partial charge in [-0.05, 0) is 62.2 Å². The van der Waals surface area contributed by atoms with Gasteiger partial charge < -0.3 is 15.4 Å². The highest BCUT2D eigenvalue weighted by Crippen LogP contribution is 2.35. The Labute approximate surface area is 208 Å². The number of carbonyl (C=O) groups excluding carboxylic acids is 1. The van der Waals surface area contributed by atoms with Crippen LogP contribution in [-0.4, -0.2) is 55.4 Å². The number of hydroxylamine groups is 1. The molecule has 1 fully saturated rings. The van der Waals surface area contributed by atoms with Crippen LogP contribution in [0.25, 0.3) is 22.3 Å². The van der Waals surface area contributed by atoms with Gasteiger partial charge in [0.2, 0.25) is 5.91 Å². The predicted molar refractivity (Wildman–Crippen MR) is 136 cm³/mol. The third-order valence-electron chi connectivity index (χ3n) is 6.53. The first-order valence-corrected chi connectivity index (χ1v) is 12.1. The van der Waals surface area contributed by atoms with Crippen LogP contribution in [0.15, 0.2) is 60.9 Å². The number of nitrogen functional groups attached to an aromatic ring is 1. The van der Waals surface area contributed by atoms with Crippen molar-refractivity contribution >= 4 is 22.8 Å². The number of para-hydroxylation sites is 1. The number of amides is 1. The molecule has 1 amide bonds. The van der Waals surface area contributed by atoms with Gasteiger partial charge in [-0.15, -0.1) is 0 Å². The molecule has 3 heterocycles. The lowest BCUT2D eigenvalue weighted by Gasteiger charge is -2.32. The fraction of sp³-hybridized carbons (Fsp3) is 0.308. The standard InChI is InChI=1S/C26H29N7O3/c27-25-23-24(18-8-10-21(11-9-18)36-20-5-2-1-3-6-20)30-33(26(23)29-17-28-25)19-12-15-32(16-13-19)14-4-7-22(34)31-35/h1-3,5-6,8-11,17,19,35H,4,7,12-16H2,(H,31,34)(H2,27,28,29). The Kier molecular flexibility index (Phi) is 7.06. The normalized spacial score (nSPS) is 14.7. The average molecular weight is 488 g/mol. The van der Waals surface area contributed by atoms with E-state index in [4.69, 9.17) is 20.8 Å². The summed E-state index contributed by atoms with van der Waals surface area (Å²) in [5.41, 5.74) is 10.4. The quantitative estimate of drug-likeness (QED) is 0.253. The Morgan fingerprint density at radius 2 is 1.78 bits per heavy atom. The van der Waals surface area contributed by atoms with Crippen molar-refractivity contribution < 1.29 is 14.7 Å². The minimum Gasteiger partial charge on any atom is -0.457 e. The van der Waals surface area contributed by atoms with E-state index in [0.717, 1.165) is 66.3 Å². The monoisotopic (exact) mass is 487 g/mol. The minimum absolute atomic E-state index is 0.188. The van der Waals surface area contributed by atoms with E-state index in [-0.39, 0.29) is 11.9 Å². The lowest BCUT2D eigenvalue weighted by molar-refractivity contribution is -0.129. The van der Waals surface area contributed by atoms with Crippen molar-refractivity contribution in [3.8, 4) is 22.8 Å². The van der Waals surface area contributed by atoms with Crippen LogP contribution in [0.3, 0.4) is 0 Å². The molecule has 1 aliphatic rings. The molecule has 1 saturated heterocycles. The molecule has 0 spiro atoms. The van der Waals surface area contributed by atoms with Gasteiger partial charge in [0.05, 0.1) is 11.4 Å². The molecule has 0 bridgehead atoms. The predicted octanol–water partition coefficient (Wildman–Crippen LogP) is 3.79. The highest BCUT2D eigenvalue weighted by molar-refractivity contribution is 5.98. The van der Waals surface area contributed by atoms with Gasteiger partial charge in [-0.2, -0.15) is 5.10 Å². The fourth-order valence-electron chi connectivity index (χ4n) is 4.66. The van der Waals surface area contributed by atoms with Crippen molar-refractivity contribution in [1.82, 2.24) is 30.1 Å². The number of rotatable bonds is 8. The summed E-state index contributed by atoms with van der Waals surface area (Å²) in [6.45, 7) is 2.61. The maximum atomic E-state index is 11.2. The molecule has 1 aliphatic heterocycles. The van der Waals surface area contributed by atoms with Crippen LogP contribution in [0.1, 0.15) is 31.7 Å². The van der Waals surface area contributed by atoms with E-state index in [1.807, 2.05) is 59.3 Å². The third-order valence-corrected chi connectivity index (χ3v) is 6.53. The molecule has 2 aromatic heterocycles. The Hall–Kier alpha value is -4.02. The van der Waals surface area contributed by atoms with E-state index >= 15 is 0 Å². The minimum atomic E-state index is -0.350. The first-order valence-electron chi connectivity index (χ1n) is 12.1. The molecular weight excluding hydrogens is 458 g/mol. The number of nitrogens with one attached hydrogen (secondary N) is 1. The summed E-state index contributed by atoms with van der Waals surface area (Å²) in [6, 6.07) is 17.6. The molecule has 2 aromatic carbocycles. The average Bonchev–Trinajstić information content (AvgIpc) is 3.31. The number of hydrogen-bond donors (Lipinski definition) is 3. The van der Waals surface area contributed by atoms with Crippen LogP contribution in [0.2, 0.25) is 0 Å². The summed E-state index contributed by atoms with van der Waals surface area (Å²) in [5, 5.41) is 14.4. The second-order valence-electron chi connectivity index (χ2n) is 8.90. The van der Waals surface area contributed by atoms with Crippen LogP contribution in [0, 0.1) is 0 Å². The number of piperidine rings is 1. The Balaban J connectivity index is 1.34. The summed E-state index contributed by atoms with van der Waals surface area (Å²) in [5.74, 6) is 1.57. The number of nitrogens with zero attached hydrogens (tertiary/aromatic N) is 5. The van der Waals surface area contributed by atoms with Crippen molar-refractivity contribution in [2.45, 2.75) is 31.7 Å². The number of carbonyl (C=O) groups is 1. The van der Waals surface area contributed by atoms with Crippen LogP contribution in [-0.2, 0) is 4.79 Å². The molecule has 0 saturated carbocycles. The molecule has 0 atom stereocenters. The Morgan fingerprint density at radius 3 is 2.50 bits per heavy atom. The summed E-state index contributed by atoms with van der Waals surface area (Å²) in [4.78, 5) is 22.3. The molecule has 10 heteroatoms. The highest BCUT2D eigenvalue weighted by atomic mass is 16.5. The SMILES string of the molecule is Nc1ncnc2c1c(-c1ccc(Oc3ccccc3)cc1)nn2C1CCN(CCCC(=O)NO)CC1. The van der Waals surface area contributed by atoms with E-state index < -0.39 is 0 Å². The zero-order valence-electron chi connectivity index (χ0n) is 19.9. The van der Waals surface area contributed by atoms with E-state index in [0.29, 0.717) is 18.7 Å². The van der Waals surface area contributed by atoms with Gasteiger partial charge in [0, 0.05) is 25.1 Å². The van der Waals surface area contributed by atoms with E-state index in [2.05, 4.69) is 14.9 Å². The van der Waals surface area contributed by atoms with Crippen LogP contribution in [0.5, 0.6) is 11.5 Å². The van der Waals surface area contributed by atoms with Gasteiger partial charge in [0.25, 0.3) is 0 Å². The van der Waals surface area contributed by atoms with Gasteiger partial charge in [0.15, 0.2) is 5.65 Å². The first kappa shape index (κ1) is 23.7. The van der Waals surface area contributed by atoms with Gasteiger partial charge in [-0.25, -0.2) is 20.1 Å². The van der Waals surface area contributed by atoms with Crippen molar-refractivity contribution in [3.05, 3.63) is 60.9 Å². The lowest BCUT2D eigenvalue weighted by atomic mass is 10.0. The number of benzene rings is 2. The molecular formula is C26H29N7O3. The highest BCUT2D eigenvalue weighted by Gasteiger charge is 2.26. The molecule has 4 aromatic rings. The Morgan fingerprint density at radius 1 is 1.06 bits per heavy atom. The van der Waals surface area contributed by atoms with Gasteiger partial charge in [-0.1, -0.05) is 18.2 Å². The number of hydrogen-bond acceptors (Lipinski definition) is 8. The summed E-state index contributed by atoms with van der Waals surface area (Å²) >= 11 is 0. The smallest absolute Gasteiger partial charge is 0.243 e. The van der Waals surface area contributed by atoms with Gasteiger partial charge in [-0.3, -0.25) is 10.0 Å². The Bertz CT molecular complexity index is 1320. The van der Waals surface area contributed by atoms with Crippen LogP contribution in [0.4, 0.5) is 5.82 Å². The van der Waals surface area contributed by atoms with Crippen LogP contribution < -0.4 is 16.0 Å². The largest absolute Gasteiger partial charge is 0.457 e. The van der Waals surface area contributed by atoms with Gasteiger partial charge in [0.1, 0.15) is 29.3 Å². The number of aromatic nitrogens is 4. The molecule has 0 aliphatic carbocycles. The second kappa shape index (κ2) is 10.7. The summed E-state index contributed by atoms with van der Waals surface area (Å²) in [6.07, 6.45) is 4.33. The maximum absolute atomic E-state index is 11.2. The maximum Gasteiger partial charge on any atom is 0.243 e. The van der Waals surface area contributed by atoms with Crippen molar-refractivity contribution in [3.63, 3.8) is 0 Å². The fourth-order valence-corrected chi connectivity index (χ4v) is 4.66. The van der Waals surface area contributed by atoms with Crippen molar-refractivity contribution in [2.24, 2.45) is 0 Å². The number of likely N-dealkylation sites (tertiary alicyclic amines) is 1. The molecule has 0 radical (unpaired) electrons. The molecule has 5 rings (SSSR count). The van der Waals surface area contributed by atoms with E-state index in [1.54, 1.807) is 5.48 Å². The van der Waals surface area contributed by atoms with Gasteiger partial charge >= 0.3 is 0 Å². The van der Waals surface area contributed by atoms with Crippen LogP contribution >= 0.6 is 0 Å². The number of nitrogens with two attached hydrogens (primary N) is 1.